The first-order valence-electron chi connectivity index (χ1n) is 10.8. The number of hydrogen-bond acceptors (Lipinski definition) is 5. The van der Waals surface area contributed by atoms with Crippen molar-refractivity contribution in [2.45, 2.75) is 19.4 Å². The van der Waals surface area contributed by atoms with Crippen LogP contribution in [0.2, 0.25) is 0 Å². The van der Waals surface area contributed by atoms with Gasteiger partial charge in [-0.3, -0.25) is 9.59 Å². The number of likely N-dealkylation sites (tertiary alicyclic amines) is 1. The Bertz CT molecular complexity index is 1170. The monoisotopic (exact) mass is 447 g/mol. The quantitative estimate of drug-likeness (QED) is 0.579. The van der Waals surface area contributed by atoms with Crippen LogP contribution in [0.3, 0.4) is 0 Å². The summed E-state index contributed by atoms with van der Waals surface area (Å²) in [4.78, 5) is 39.2. The molecule has 0 atom stereocenters. The summed E-state index contributed by atoms with van der Waals surface area (Å²) >= 11 is 0. The minimum Gasteiger partial charge on any atom is -0.492 e. The van der Waals surface area contributed by atoms with Crippen LogP contribution in [0.15, 0.2) is 71.5 Å². The van der Waals surface area contributed by atoms with Gasteiger partial charge >= 0.3 is 6.03 Å². The lowest BCUT2D eigenvalue weighted by atomic mass is 10.2. The van der Waals surface area contributed by atoms with Crippen LogP contribution in [0.4, 0.5) is 16.2 Å². The number of benzene rings is 2. The maximum atomic E-state index is 12.8. The van der Waals surface area contributed by atoms with E-state index < -0.39 is 5.91 Å². The second kappa shape index (κ2) is 10.4. The largest absolute Gasteiger partial charge is 0.492 e. The number of amides is 3. The van der Waals surface area contributed by atoms with Crippen molar-refractivity contribution in [3.05, 3.63) is 82.8 Å². The highest BCUT2D eigenvalue weighted by Gasteiger charge is 2.19. The molecule has 33 heavy (non-hydrogen) atoms. The zero-order valence-electron chi connectivity index (χ0n) is 18.1. The van der Waals surface area contributed by atoms with E-state index in [2.05, 4.69) is 15.7 Å². The summed E-state index contributed by atoms with van der Waals surface area (Å²) in [5.41, 5.74) is 0.686. The van der Waals surface area contributed by atoms with Crippen molar-refractivity contribution in [3.63, 3.8) is 0 Å². The van der Waals surface area contributed by atoms with Crippen LogP contribution in [-0.4, -0.2) is 46.3 Å². The third-order valence-corrected chi connectivity index (χ3v) is 5.22. The SMILES string of the molecule is O=C(Nc1ccccc1NC(=O)N1CCCC1)c1ccc(=O)n(CCOc2ccccc2)n1. The Hall–Kier alpha value is -4.14. The fourth-order valence-electron chi connectivity index (χ4n) is 3.50. The molecule has 1 saturated heterocycles. The molecule has 3 aromatic rings. The molecule has 0 unspecified atom stereocenters. The maximum absolute atomic E-state index is 12.8. The Morgan fingerprint density at radius 1 is 0.879 bits per heavy atom. The lowest BCUT2D eigenvalue weighted by Gasteiger charge is -2.18. The van der Waals surface area contributed by atoms with Gasteiger partial charge in [-0.05, 0) is 43.2 Å². The number of nitrogens with one attached hydrogen (secondary N) is 2. The molecule has 0 saturated carbocycles. The van der Waals surface area contributed by atoms with Crippen molar-refractivity contribution in [1.82, 2.24) is 14.7 Å². The first-order chi connectivity index (χ1) is 16.1. The second-order valence-electron chi connectivity index (χ2n) is 7.57. The number of rotatable bonds is 7. The molecular formula is C24H25N5O4. The van der Waals surface area contributed by atoms with Gasteiger partial charge in [0.15, 0.2) is 0 Å². The zero-order chi connectivity index (χ0) is 23.0. The maximum Gasteiger partial charge on any atom is 0.321 e. The normalized spacial score (nSPS) is 12.9. The fraction of sp³-hybridized carbons (Fsp3) is 0.250. The van der Waals surface area contributed by atoms with E-state index in [0.29, 0.717) is 17.1 Å². The van der Waals surface area contributed by atoms with Crippen LogP contribution < -0.4 is 20.9 Å². The molecule has 0 spiro atoms. The van der Waals surface area contributed by atoms with Crippen LogP contribution in [-0.2, 0) is 6.54 Å². The summed E-state index contributed by atoms with van der Waals surface area (Å²) in [5, 5.41) is 9.79. The molecule has 9 heteroatoms. The van der Waals surface area contributed by atoms with Crippen molar-refractivity contribution in [2.24, 2.45) is 0 Å². The van der Waals surface area contributed by atoms with E-state index >= 15 is 0 Å². The third kappa shape index (κ3) is 5.76. The lowest BCUT2D eigenvalue weighted by molar-refractivity contribution is 0.101. The van der Waals surface area contributed by atoms with Gasteiger partial charge in [0.25, 0.3) is 11.5 Å². The average molecular weight is 447 g/mol. The van der Waals surface area contributed by atoms with Crippen molar-refractivity contribution in [1.29, 1.82) is 0 Å². The number of para-hydroxylation sites is 3. The molecule has 0 bridgehead atoms. The fourth-order valence-corrected chi connectivity index (χ4v) is 3.50. The summed E-state index contributed by atoms with van der Waals surface area (Å²) in [5.74, 6) is 0.197. The van der Waals surface area contributed by atoms with Crippen LogP contribution >= 0.6 is 0 Å². The molecule has 1 aliphatic heterocycles. The number of aromatic nitrogens is 2. The molecule has 170 valence electrons. The van der Waals surface area contributed by atoms with Gasteiger partial charge in [-0.2, -0.15) is 5.10 Å². The van der Waals surface area contributed by atoms with E-state index in [4.69, 9.17) is 4.74 Å². The van der Waals surface area contributed by atoms with E-state index in [1.165, 1.54) is 16.8 Å². The topological polar surface area (TPSA) is 106 Å². The summed E-state index contributed by atoms with van der Waals surface area (Å²) in [6.45, 7) is 1.87. The lowest BCUT2D eigenvalue weighted by Crippen LogP contribution is -2.32. The summed E-state index contributed by atoms with van der Waals surface area (Å²) < 4.78 is 6.80. The van der Waals surface area contributed by atoms with Gasteiger partial charge in [-0.15, -0.1) is 0 Å². The molecule has 1 aliphatic rings. The highest BCUT2D eigenvalue weighted by atomic mass is 16.5. The zero-order valence-corrected chi connectivity index (χ0v) is 18.1. The smallest absolute Gasteiger partial charge is 0.321 e. The standard InChI is InChI=1S/C24H25N5O4/c30-22-13-12-21(27-29(22)16-17-33-18-8-2-1-3-9-18)23(31)25-19-10-4-5-11-20(19)26-24(32)28-14-6-7-15-28/h1-5,8-13H,6-7,14-17H2,(H,25,31)(H,26,32). The number of nitrogens with zero attached hydrogens (tertiary/aromatic N) is 3. The molecule has 1 fully saturated rings. The third-order valence-electron chi connectivity index (χ3n) is 5.22. The van der Waals surface area contributed by atoms with Gasteiger partial charge in [0.1, 0.15) is 18.1 Å². The Balaban J connectivity index is 1.41. The molecular weight excluding hydrogens is 422 g/mol. The number of carbonyl (C=O) groups excluding carboxylic acids is 2. The van der Waals surface area contributed by atoms with Gasteiger partial charge in [-0.1, -0.05) is 30.3 Å². The number of ether oxygens (including phenoxy) is 1. The van der Waals surface area contributed by atoms with E-state index in [9.17, 15) is 14.4 Å². The summed E-state index contributed by atoms with van der Waals surface area (Å²) in [7, 11) is 0. The molecule has 9 nitrogen and oxygen atoms in total. The van der Waals surface area contributed by atoms with Crippen LogP contribution in [0, 0.1) is 0 Å². The Morgan fingerprint density at radius 2 is 1.55 bits per heavy atom. The molecule has 3 amide bonds. The highest BCUT2D eigenvalue weighted by Crippen LogP contribution is 2.22. The van der Waals surface area contributed by atoms with Gasteiger partial charge < -0.3 is 20.3 Å². The minimum atomic E-state index is -0.490. The van der Waals surface area contributed by atoms with Gasteiger partial charge in [-0.25, -0.2) is 9.48 Å². The molecule has 2 heterocycles. The predicted octanol–water partition coefficient (Wildman–Crippen LogP) is 3.20. The van der Waals surface area contributed by atoms with Crippen molar-refractivity contribution < 1.29 is 14.3 Å². The summed E-state index contributed by atoms with van der Waals surface area (Å²) in [6, 6.07) is 18.7. The summed E-state index contributed by atoms with van der Waals surface area (Å²) in [6.07, 6.45) is 1.98. The molecule has 1 aromatic heterocycles. The van der Waals surface area contributed by atoms with Crippen LogP contribution in [0.5, 0.6) is 5.75 Å². The average Bonchev–Trinajstić information content (AvgIpc) is 3.37. The first-order valence-corrected chi connectivity index (χ1v) is 10.8. The number of carbonyl (C=O) groups is 2. The van der Waals surface area contributed by atoms with E-state index in [1.54, 1.807) is 29.2 Å². The Kier molecular flexibility index (Phi) is 6.99. The molecule has 2 aromatic carbocycles. The van der Waals surface area contributed by atoms with Crippen molar-refractivity contribution in [2.75, 3.05) is 30.3 Å². The van der Waals surface area contributed by atoms with Gasteiger partial charge in [0.05, 0.1) is 17.9 Å². The molecule has 2 N–H and O–H groups in total. The van der Waals surface area contributed by atoms with E-state index in [0.717, 1.165) is 25.9 Å². The molecule has 0 radical (unpaired) electrons. The van der Waals surface area contributed by atoms with Crippen molar-refractivity contribution >= 4 is 23.3 Å². The number of anilines is 2. The molecule has 4 rings (SSSR count). The molecule has 0 aliphatic carbocycles. The first kappa shape index (κ1) is 22.1. The van der Waals surface area contributed by atoms with Crippen molar-refractivity contribution in [3.8, 4) is 5.75 Å². The minimum absolute atomic E-state index is 0.0787. The predicted molar refractivity (Wildman–Crippen MR) is 125 cm³/mol. The number of urea groups is 1. The van der Waals surface area contributed by atoms with Gasteiger partial charge in [0, 0.05) is 19.2 Å². The number of hydrogen-bond donors (Lipinski definition) is 2. The Labute approximate surface area is 191 Å². The van der Waals surface area contributed by atoms with E-state index in [1.807, 2.05) is 30.3 Å². The second-order valence-corrected chi connectivity index (χ2v) is 7.57. The van der Waals surface area contributed by atoms with Gasteiger partial charge in [0.2, 0.25) is 0 Å². The highest BCUT2D eigenvalue weighted by molar-refractivity contribution is 6.06. The van der Waals surface area contributed by atoms with Crippen LogP contribution in [0.25, 0.3) is 0 Å². The van der Waals surface area contributed by atoms with E-state index in [-0.39, 0.29) is 30.4 Å². The van der Waals surface area contributed by atoms with Crippen LogP contribution in [0.1, 0.15) is 23.3 Å². The Morgan fingerprint density at radius 3 is 2.27 bits per heavy atom.